The molecule has 0 atom stereocenters. The van der Waals surface area contributed by atoms with Crippen molar-refractivity contribution in [3.63, 3.8) is 0 Å². The Morgan fingerprint density at radius 2 is 1.82 bits per heavy atom. The van der Waals surface area contributed by atoms with Crippen LogP contribution < -0.4 is 10.9 Å². The first-order chi connectivity index (χ1) is 16.3. The van der Waals surface area contributed by atoms with Gasteiger partial charge in [0.05, 0.1) is 21.5 Å². The van der Waals surface area contributed by atoms with Crippen molar-refractivity contribution in [1.29, 1.82) is 0 Å². The van der Waals surface area contributed by atoms with E-state index in [1.165, 1.54) is 11.8 Å². The number of hydrogen-bond donors (Lipinski definition) is 1. The number of carbonyl (C=O) groups excluding carboxylic acids is 1. The molecule has 1 fully saturated rings. The smallest absolute Gasteiger partial charge is 0.280 e. The highest BCUT2D eigenvalue weighted by atomic mass is 35.5. The van der Waals surface area contributed by atoms with Crippen LogP contribution in [0.5, 0.6) is 0 Å². The molecule has 9 heteroatoms. The van der Waals surface area contributed by atoms with Gasteiger partial charge >= 0.3 is 0 Å². The number of halogens is 1. The molecule has 5 rings (SSSR count). The lowest BCUT2D eigenvalue weighted by Gasteiger charge is -2.16. The molecule has 4 aromatic rings. The molecule has 34 heavy (non-hydrogen) atoms. The molecule has 0 aliphatic carbocycles. The van der Waals surface area contributed by atoms with E-state index in [-0.39, 0.29) is 11.5 Å². The molecule has 1 amide bonds. The summed E-state index contributed by atoms with van der Waals surface area (Å²) in [7, 11) is 0. The van der Waals surface area contributed by atoms with Crippen LogP contribution in [0.15, 0.2) is 69.3 Å². The number of nitrogens with one attached hydrogen (secondary N) is 1. The largest absolute Gasteiger partial charge is 0.300 e. The first kappa shape index (κ1) is 22.2. The number of hydrogen-bond acceptors (Lipinski definition) is 5. The number of aromatic nitrogens is 3. The molecular weight excluding hydrogens is 470 g/mol. The quantitative estimate of drug-likeness (QED) is 0.411. The van der Waals surface area contributed by atoms with Crippen LogP contribution >= 0.6 is 23.4 Å². The van der Waals surface area contributed by atoms with Crippen molar-refractivity contribution >= 4 is 57.1 Å². The summed E-state index contributed by atoms with van der Waals surface area (Å²) in [5.74, 6) is 0.352. The van der Waals surface area contributed by atoms with E-state index in [4.69, 9.17) is 11.6 Å². The minimum absolute atomic E-state index is 0.145. The van der Waals surface area contributed by atoms with Gasteiger partial charge in [-0.2, -0.15) is 4.68 Å². The molecule has 1 N–H and O–H groups in total. The minimum atomic E-state index is -0.226. The van der Waals surface area contributed by atoms with E-state index < -0.39 is 0 Å². The van der Waals surface area contributed by atoms with Crippen LogP contribution in [-0.2, 0) is 4.79 Å². The van der Waals surface area contributed by atoms with Crippen molar-refractivity contribution < 1.29 is 4.79 Å². The van der Waals surface area contributed by atoms with Gasteiger partial charge in [0.1, 0.15) is 5.82 Å². The third kappa shape index (κ3) is 3.95. The summed E-state index contributed by atoms with van der Waals surface area (Å²) in [6.07, 6.45) is 1.81. The summed E-state index contributed by atoms with van der Waals surface area (Å²) in [6, 6.07) is 16.4. The fourth-order valence-electron chi connectivity index (χ4n) is 3.99. The fraction of sp³-hybridized carbons (Fsp3) is 0.120. The summed E-state index contributed by atoms with van der Waals surface area (Å²) in [6.45, 7) is 5.65. The number of aryl methyl sites for hydroxylation is 2. The van der Waals surface area contributed by atoms with E-state index in [2.05, 4.69) is 15.3 Å². The molecule has 3 heterocycles. The third-order valence-electron chi connectivity index (χ3n) is 5.53. The van der Waals surface area contributed by atoms with Gasteiger partial charge in [-0.3, -0.25) is 14.3 Å². The van der Waals surface area contributed by atoms with Gasteiger partial charge in [0.25, 0.3) is 11.5 Å². The van der Waals surface area contributed by atoms with E-state index in [1.54, 1.807) is 28.9 Å². The Morgan fingerprint density at radius 1 is 1.03 bits per heavy atom. The summed E-state index contributed by atoms with van der Waals surface area (Å²) in [4.78, 5) is 35.5. The van der Waals surface area contributed by atoms with Crippen molar-refractivity contribution in [2.24, 2.45) is 4.99 Å². The number of amides is 1. The van der Waals surface area contributed by atoms with Crippen molar-refractivity contribution in [2.45, 2.75) is 20.8 Å². The van der Waals surface area contributed by atoms with Gasteiger partial charge in [-0.1, -0.05) is 29.8 Å². The van der Waals surface area contributed by atoms with Crippen molar-refractivity contribution in [2.75, 3.05) is 0 Å². The van der Waals surface area contributed by atoms with Crippen LogP contribution in [0.3, 0.4) is 0 Å². The molecule has 1 aliphatic rings. The van der Waals surface area contributed by atoms with Crippen LogP contribution in [0, 0.1) is 20.8 Å². The number of rotatable bonds is 3. The molecule has 0 saturated carbocycles. The third-order valence-corrected chi connectivity index (χ3v) is 6.67. The Hall–Kier alpha value is -3.62. The zero-order valence-electron chi connectivity index (χ0n) is 18.7. The van der Waals surface area contributed by atoms with Gasteiger partial charge in [0.15, 0.2) is 5.17 Å². The van der Waals surface area contributed by atoms with Gasteiger partial charge in [0.2, 0.25) is 0 Å². The van der Waals surface area contributed by atoms with Gasteiger partial charge in [-0.15, -0.1) is 0 Å². The maximum absolute atomic E-state index is 13.3. The Balaban J connectivity index is 1.54. The van der Waals surface area contributed by atoms with Gasteiger partial charge < -0.3 is 5.32 Å². The summed E-state index contributed by atoms with van der Waals surface area (Å²) in [5, 5.41) is 4.40. The Bertz CT molecular complexity index is 1600. The predicted octanol–water partition coefficient (Wildman–Crippen LogP) is 4.98. The number of amidine groups is 1. The number of para-hydroxylation sites is 1. The molecule has 1 saturated heterocycles. The first-order valence-corrected chi connectivity index (χ1v) is 11.7. The van der Waals surface area contributed by atoms with Crippen LogP contribution in [0.1, 0.15) is 22.8 Å². The zero-order chi connectivity index (χ0) is 24.0. The number of thioether (sulfide) groups is 1. The lowest BCUT2D eigenvalue weighted by molar-refractivity contribution is -0.115. The predicted molar refractivity (Wildman–Crippen MR) is 138 cm³/mol. The molecule has 170 valence electrons. The maximum Gasteiger partial charge on any atom is 0.280 e. The monoisotopic (exact) mass is 489 g/mol. The summed E-state index contributed by atoms with van der Waals surface area (Å²) in [5.41, 5.74) is 3.68. The topological polar surface area (TPSA) is 81.3 Å². The molecule has 7 nitrogen and oxygen atoms in total. The fourth-order valence-corrected chi connectivity index (χ4v) is 5.00. The number of carbonyl (C=O) groups is 1. The van der Waals surface area contributed by atoms with E-state index >= 15 is 0 Å². The van der Waals surface area contributed by atoms with Crippen molar-refractivity contribution in [1.82, 2.24) is 19.7 Å². The van der Waals surface area contributed by atoms with Crippen molar-refractivity contribution in [3.8, 4) is 0 Å². The molecule has 1 aliphatic heterocycles. The highest BCUT2D eigenvalue weighted by Gasteiger charge is 2.25. The van der Waals surface area contributed by atoms with E-state index in [1.807, 2.05) is 61.9 Å². The van der Waals surface area contributed by atoms with Crippen LogP contribution in [-0.4, -0.2) is 25.4 Å². The molecule has 0 spiro atoms. The van der Waals surface area contributed by atoms with Gasteiger partial charge in [-0.05, 0) is 80.6 Å². The molecule has 0 unspecified atom stereocenters. The SMILES string of the molecule is Cc1cc(C=C2SC(=Nc3cccc(Cl)c3)NC2=O)c(C)n1-n1c(C)nc2ccccc2c1=O. The molecule has 0 radical (unpaired) electrons. The second kappa shape index (κ2) is 8.62. The van der Waals surface area contributed by atoms with E-state index in [0.717, 1.165) is 17.0 Å². The summed E-state index contributed by atoms with van der Waals surface area (Å²) < 4.78 is 3.41. The number of fused-ring (bicyclic) bond motifs is 1. The Morgan fingerprint density at radius 3 is 2.62 bits per heavy atom. The molecular formula is C25H20ClN5O2S. The second-order valence-corrected chi connectivity index (χ2v) is 9.36. The zero-order valence-corrected chi connectivity index (χ0v) is 20.2. The highest BCUT2D eigenvalue weighted by molar-refractivity contribution is 8.18. The average Bonchev–Trinajstić information content (AvgIpc) is 3.27. The minimum Gasteiger partial charge on any atom is -0.300 e. The van der Waals surface area contributed by atoms with Gasteiger partial charge in [-0.25, -0.2) is 9.98 Å². The number of benzene rings is 2. The van der Waals surface area contributed by atoms with Crippen LogP contribution in [0.2, 0.25) is 5.02 Å². The Kier molecular flexibility index (Phi) is 5.63. The second-order valence-electron chi connectivity index (χ2n) is 7.89. The molecule has 2 aromatic carbocycles. The highest BCUT2D eigenvalue weighted by Crippen LogP contribution is 2.30. The van der Waals surface area contributed by atoms with Crippen molar-refractivity contribution in [3.05, 3.63) is 97.7 Å². The standard InChI is InChI=1S/C25H20ClN5O2S/c1-14-11-17(12-22-23(32)29-25(34-22)28-19-8-6-7-18(26)13-19)15(2)30(14)31-16(3)27-21-10-5-4-9-20(21)24(31)33/h4-13H,1-3H3,(H,28,29,32). The molecule has 2 aromatic heterocycles. The van der Waals surface area contributed by atoms with E-state index in [9.17, 15) is 9.59 Å². The normalized spacial score (nSPS) is 16.1. The number of nitrogens with zero attached hydrogens (tertiary/aromatic N) is 4. The maximum atomic E-state index is 13.3. The summed E-state index contributed by atoms with van der Waals surface area (Å²) >= 11 is 7.29. The first-order valence-electron chi connectivity index (χ1n) is 10.5. The molecule has 0 bridgehead atoms. The lowest BCUT2D eigenvalue weighted by Crippen LogP contribution is -2.30. The van der Waals surface area contributed by atoms with Crippen LogP contribution in [0.25, 0.3) is 17.0 Å². The Labute approximate surface area is 204 Å². The van der Waals surface area contributed by atoms with E-state index in [0.29, 0.717) is 37.5 Å². The van der Waals surface area contributed by atoms with Crippen LogP contribution in [0.4, 0.5) is 5.69 Å². The lowest BCUT2D eigenvalue weighted by atomic mass is 10.2. The van der Waals surface area contributed by atoms with Gasteiger partial charge in [0, 0.05) is 16.4 Å². The number of aliphatic imine (C=N–C) groups is 1. The average molecular weight is 490 g/mol.